The molecule has 0 saturated carbocycles. The number of hydrogen-bond acceptors (Lipinski definition) is 6. The molecule has 3 heterocycles. The van der Waals surface area contributed by atoms with Crippen LogP contribution in [0.5, 0.6) is 0 Å². The van der Waals surface area contributed by atoms with Crippen LogP contribution >= 0.6 is 11.3 Å². The molecule has 120 valence electrons. The minimum absolute atomic E-state index is 0.603. The molecule has 0 radical (unpaired) electrons. The van der Waals surface area contributed by atoms with E-state index in [2.05, 4.69) is 43.8 Å². The maximum atomic E-state index is 5.06. The highest BCUT2D eigenvalue weighted by atomic mass is 32.1. The van der Waals surface area contributed by atoms with Gasteiger partial charge in [0.2, 0.25) is 5.89 Å². The molecule has 2 aromatic rings. The Morgan fingerprint density at radius 3 is 3.05 bits per heavy atom. The van der Waals surface area contributed by atoms with Crippen molar-refractivity contribution in [2.45, 2.75) is 45.3 Å². The maximum absolute atomic E-state index is 5.06. The molecule has 5 nitrogen and oxygen atoms in total. The second kappa shape index (κ2) is 7.35. The van der Waals surface area contributed by atoms with Gasteiger partial charge in [0, 0.05) is 19.5 Å². The lowest BCUT2D eigenvalue weighted by atomic mass is 10.1. The van der Waals surface area contributed by atoms with Crippen LogP contribution in [0.25, 0.3) is 0 Å². The predicted molar refractivity (Wildman–Crippen MR) is 87.7 cm³/mol. The topological polar surface area (TPSA) is 45.4 Å². The highest BCUT2D eigenvalue weighted by Gasteiger charge is 2.21. The van der Waals surface area contributed by atoms with Gasteiger partial charge in [-0.25, -0.2) is 0 Å². The molecule has 1 aliphatic heterocycles. The minimum Gasteiger partial charge on any atom is -0.340 e. The van der Waals surface area contributed by atoms with Crippen molar-refractivity contribution in [2.24, 2.45) is 0 Å². The van der Waals surface area contributed by atoms with Crippen LogP contribution in [0, 0.1) is 6.92 Å². The molecule has 1 aliphatic rings. The first kappa shape index (κ1) is 15.6. The van der Waals surface area contributed by atoms with Crippen molar-refractivity contribution < 1.29 is 4.52 Å². The number of rotatable bonds is 5. The van der Waals surface area contributed by atoms with Gasteiger partial charge in [-0.1, -0.05) is 5.16 Å². The second-order valence-electron chi connectivity index (χ2n) is 6.14. The third-order valence-corrected chi connectivity index (χ3v) is 5.09. The Labute approximate surface area is 135 Å². The minimum atomic E-state index is 0.603. The summed E-state index contributed by atoms with van der Waals surface area (Å²) in [4.78, 5) is 9.26. The van der Waals surface area contributed by atoms with E-state index in [9.17, 15) is 0 Å². The summed E-state index contributed by atoms with van der Waals surface area (Å²) in [5.41, 5.74) is 1.44. The molecule has 1 atom stereocenters. The summed E-state index contributed by atoms with van der Waals surface area (Å²) in [6.07, 6.45) is 3.70. The zero-order chi connectivity index (χ0) is 15.4. The van der Waals surface area contributed by atoms with E-state index in [1.54, 1.807) is 11.3 Å². The van der Waals surface area contributed by atoms with E-state index in [0.29, 0.717) is 11.9 Å². The van der Waals surface area contributed by atoms with Crippen LogP contribution in [0.2, 0.25) is 0 Å². The molecule has 6 heteroatoms. The Kier molecular flexibility index (Phi) is 5.23. The van der Waals surface area contributed by atoms with Gasteiger partial charge < -0.3 is 4.52 Å². The molecule has 0 aliphatic carbocycles. The summed E-state index contributed by atoms with van der Waals surface area (Å²) in [7, 11) is 2.17. The van der Waals surface area contributed by atoms with E-state index >= 15 is 0 Å². The van der Waals surface area contributed by atoms with Gasteiger partial charge in [0.05, 0.1) is 6.54 Å². The molecule has 1 fully saturated rings. The summed E-state index contributed by atoms with van der Waals surface area (Å²) in [6, 6.07) is 2.84. The molecule has 0 N–H and O–H groups in total. The SMILES string of the molecule is Cc1nc(CN(C)C2CCCN(Cc3ccsc3)CC2)no1. The van der Waals surface area contributed by atoms with Crippen molar-refractivity contribution in [3.05, 3.63) is 34.1 Å². The lowest BCUT2D eigenvalue weighted by Crippen LogP contribution is -2.33. The number of nitrogens with zero attached hydrogens (tertiary/aromatic N) is 4. The van der Waals surface area contributed by atoms with Gasteiger partial charge in [0.1, 0.15) is 0 Å². The molecule has 0 amide bonds. The molecule has 1 unspecified atom stereocenters. The van der Waals surface area contributed by atoms with Crippen LogP contribution in [0.15, 0.2) is 21.3 Å². The predicted octanol–water partition coefficient (Wildman–Crippen LogP) is 2.93. The highest BCUT2D eigenvalue weighted by molar-refractivity contribution is 7.07. The van der Waals surface area contributed by atoms with Gasteiger partial charge >= 0.3 is 0 Å². The number of thiophene rings is 1. The average molecular weight is 320 g/mol. The first-order valence-electron chi connectivity index (χ1n) is 7.93. The molecule has 22 heavy (non-hydrogen) atoms. The molecular weight excluding hydrogens is 296 g/mol. The van der Waals surface area contributed by atoms with Gasteiger partial charge in [-0.2, -0.15) is 16.3 Å². The Morgan fingerprint density at radius 1 is 1.41 bits per heavy atom. The third-order valence-electron chi connectivity index (χ3n) is 4.36. The van der Waals surface area contributed by atoms with E-state index in [1.165, 1.54) is 31.4 Å². The standard InChI is InChI=1S/C16H24N4OS/c1-13-17-16(18-21-13)11-19(2)15-4-3-7-20(8-5-15)10-14-6-9-22-12-14/h6,9,12,15H,3-5,7-8,10-11H2,1-2H3. The zero-order valence-corrected chi connectivity index (χ0v) is 14.2. The normalized spacial score (nSPS) is 20.4. The largest absolute Gasteiger partial charge is 0.340 e. The number of hydrogen-bond donors (Lipinski definition) is 0. The Bertz CT molecular complexity index is 568. The third kappa shape index (κ3) is 4.15. The van der Waals surface area contributed by atoms with Gasteiger partial charge in [-0.3, -0.25) is 9.80 Å². The van der Waals surface area contributed by atoms with Crippen molar-refractivity contribution >= 4 is 11.3 Å². The monoisotopic (exact) mass is 320 g/mol. The fraction of sp³-hybridized carbons (Fsp3) is 0.625. The van der Waals surface area contributed by atoms with Gasteiger partial charge in [0.25, 0.3) is 0 Å². The number of likely N-dealkylation sites (tertiary alicyclic amines) is 1. The smallest absolute Gasteiger partial charge is 0.223 e. The summed E-state index contributed by atoms with van der Waals surface area (Å²) in [5, 5.41) is 8.42. The highest BCUT2D eigenvalue weighted by Crippen LogP contribution is 2.19. The summed E-state index contributed by atoms with van der Waals surface area (Å²) < 4.78 is 5.06. The van der Waals surface area contributed by atoms with Crippen LogP contribution in [0.1, 0.15) is 36.5 Å². The Morgan fingerprint density at radius 2 is 2.32 bits per heavy atom. The molecule has 3 rings (SSSR count). The lowest BCUT2D eigenvalue weighted by Gasteiger charge is -2.26. The van der Waals surface area contributed by atoms with Crippen LogP contribution in [0.4, 0.5) is 0 Å². The van der Waals surface area contributed by atoms with Crippen LogP contribution in [-0.2, 0) is 13.1 Å². The lowest BCUT2D eigenvalue weighted by molar-refractivity contribution is 0.200. The van der Waals surface area contributed by atoms with Gasteiger partial charge in [-0.05, 0) is 61.8 Å². The van der Waals surface area contributed by atoms with Crippen LogP contribution < -0.4 is 0 Å². The van der Waals surface area contributed by atoms with Crippen molar-refractivity contribution in [2.75, 3.05) is 20.1 Å². The summed E-state index contributed by atoms with van der Waals surface area (Å²) in [5.74, 6) is 1.44. The van der Waals surface area contributed by atoms with Crippen molar-refractivity contribution in [3.8, 4) is 0 Å². The fourth-order valence-corrected chi connectivity index (χ4v) is 3.80. The Hall–Kier alpha value is -1.24. The van der Waals surface area contributed by atoms with Crippen LogP contribution in [-0.4, -0.2) is 46.1 Å². The molecular formula is C16H24N4OS. The average Bonchev–Trinajstić information content (AvgIpc) is 3.07. The van der Waals surface area contributed by atoms with Gasteiger partial charge in [-0.15, -0.1) is 0 Å². The van der Waals surface area contributed by atoms with Crippen molar-refractivity contribution in [1.29, 1.82) is 0 Å². The second-order valence-corrected chi connectivity index (χ2v) is 6.92. The fourth-order valence-electron chi connectivity index (χ4n) is 3.14. The molecule has 0 aromatic carbocycles. The Balaban J connectivity index is 1.51. The van der Waals surface area contributed by atoms with E-state index in [0.717, 1.165) is 25.5 Å². The van der Waals surface area contributed by atoms with Crippen LogP contribution in [0.3, 0.4) is 0 Å². The first-order chi connectivity index (χ1) is 10.7. The number of aryl methyl sites for hydroxylation is 1. The first-order valence-corrected chi connectivity index (χ1v) is 8.88. The van der Waals surface area contributed by atoms with Gasteiger partial charge in [0.15, 0.2) is 5.82 Å². The van der Waals surface area contributed by atoms with E-state index < -0.39 is 0 Å². The number of aromatic nitrogens is 2. The molecule has 2 aromatic heterocycles. The molecule has 0 spiro atoms. The summed E-state index contributed by atoms with van der Waals surface area (Å²) in [6.45, 7) is 6.05. The summed E-state index contributed by atoms with van der Waals surface area (Å²) >= 11 is 1.78. The zero-order valence-electron chi connectivity index (χ0n) is 13.4. The quantitative estimate of drug-likeness (QED) is 0.847. The van der Waals surface area contributed by atoms with Crippen molar-refractivity contribution in [3.63, 3.8) is 0 Å². The molecule has 1 saturated heterocycles. The van der Waals surface area contributed by atoms with E-state index in [4.69, 9.17) is 4.52 Å². The maximum Gasteiger partial charge on any atom is 0.223 e. The van der Waals surface area contributed by atoms with E-state index in [1.807, 2.05) is 6.92 Å². The molecule has 0 bridgehead atoms. The van der Waals surface area contributed by atoms with Crippen molar-refractivity contribution in [1.82, 2.24) is 19.9 Å². The van der Waals surface area contributed by atoms with E-state index in [-0.39, 0.29) is 0 Å².